The Morgan fingerprint density at radius 2 is 0.536 bits per heavy atom. The zero-order valence-corrected chi connectivity index (χ0v) is 63.3. The molecule has 0 bridgehead atoms. The molecule has 16 aromatic carbocycles. The highest BCUT2D eigenvalue weighted by Crippen LogP contribution is 2.62. The van der Waals surface area contributed by atoms with Gasteiger partial charge in [0.1, 0.15) is 0 Å². The van der Waals surface area contributed by atoms with Gasteiger partial charge >= 0.3 is 7.12 Å². The SMILES string of the molecule is CC1(C)OB(c2ccc(C3(c4ccccc4)c4ccccc4-c4c3c3ccccc3c3ccccc43)cc2)OC1(C)C.Clc1nc(-c2ccccc2)cc(-c2ccccc2)n1.c1ccc(-c2cc(-c3ccccc3)nc(-c3ccc(C4(c5ccccc5)c5ccccc5-c5c4c4ccccc4c4ccccc54)cc3)n2)cc1. The molecule has 1 aliphatic heterocycles. The van der Waals surface area contributed by atoms with Crippen LogP contribution in [-0.2, 0) is 20.1 Å². The molecule has 8 heteroatoms. The monoisotopic (exact) mass is 1460 g/mol. The molecule has 1 fully saturated rings. The Kier molecular flexibility index (Phi) is 17.6. The van der Waals surface area contributed by atoms with Crippen molar-refractivity contribution in [2.45, 2.75) is 49.7 Å². The molecule has 534 valence electrons. The van der Waals surface area contributed by atoms with Crippen LogP contribution in [0, 0.1) is 0 Å². The minimum atomic E-state index is -0.544. The van der Waals surface area contributed by atoms with Crippen LogP contribution in [0.15, 0.2) is 388 Å². The fraction of sp³-hybridized carbons (Fsp3) is 0.0769. The second-order valence-electron chi connectivity index (χ2n) is 30.1. The lowest BCUT2D eigenvalue weighted by atomic mass is 9.65. The second kappa shape index (κ2) is 28.5. The van der Waals surface area contributed by atoms with E-state index in [0.717, 1.165) is 56.1 Å². The van der Waals surface area contributed by atoms with Crippen LogP contribution in [0.3, 0.4) is 0 Å². The maximum atomic E-state index is 6.42. The number of rotatable bonds is 10. The highest BCUT2D eigenvalue weighted by atomic mass is 35.5. The Balaban J connectivity index is 0.000000124. The molecule has 1 saturated heterocycles. The largest absolute Gasteiger partial charge is 0.494 e. The van der Waals surface area contributed by atoms with Gasteiger partial charge in [-0.25, -0.2) is 19.9 Å². The third kappa shape index (κ3) is 11.7. The number of fused-ring (bicyclic) bond motifs is 16. The van der Waals surface area contributed by atoms with E-state index in [1.54, 1.807) is 0 Å². The van der Waals surface area contributed by atoms with E-state index in [4.69, 9.17) is 30.9 Å². The Labute approximate surface area is 658 Å². The molecule has 112 heavy (non-hydrogen) atoms. The lowest BCUT2D eigenvalue weighted by Crippen LogP contribution is -2.41. The lowest BCUT2D eigenvalue weighted by Gasteiger charge is -2.35. The van der Waals surface area contributed by atoms with Gasteiger partial charge in [-0.3, -0.25) is 0 Å². The molecular weight excluding hydrogens is 1380 g/mol. The van der Waals surface area contributed by atoms with E-state index >= 15 is 0 Å². The van der Waals surface area contributed by atoms with Crippen molar-refractivity contribution in [3.8, 4) is 78.7 Å². The molecule has 0 saturated carbocycles. The van der Waals surface area contributed by atoms with Crippen LogP contribution in [-0.4, -0.2) is 38.3 Å². The van der Waals surface area contributed by atoms with Crippen molar-refractivity contribution in [1.29, 1.82) is 0 Å². The van der Waals surface area contributed by atoms with E-state index < -0.39 is 17.9 Å². The first kappa shape index (κ1) is 69.5. The van der Waals surface area contributed by atoms with Crippen LogP contribution >= 0.6 is 11.6 Å². The third-order valence-electron chi connectivity index (χ3n) is 23.4. The van der Waals surface area contributed by atoms with E-state index in [1.807, 2.05) is 78.9 Å². The van der Waals surface area contributed by atoms with Crippen LogP contribution in [0.4, 0.5) is 0 Å². The molecule has 2 atom stereocenters. The van der Waals surface area contributed by atoms with Crippen molar-refractivity contribution in [3.05, 3.63) is 438 Å². The van der Waals surface area contributed by atoms with Crippen LogP contribution < -0.4 is 5.46 Å². The maximum absolute atomic E-state index is 6.42. The van der Waals surface area contributed by atoms with Crippen molar-refractivity contribution < 1.29 is 9.31 Å². The summed E-state index contributed by atoms with van der Waals surface area (Å²) < 4.78 is 12.8. The van der Waals surface area contributed by atoms with Crippen LogP contribution in [0.2, 0.25) is 5.28 Å². The van der Waals surface area contributed by atoms with Gasteiger partial charge in [0, 0.05) is 27.8 Å². The van der Waals surface area contributed by atoms with Crippen molar-refractivity contribution in [1.82, 2.24) is 19.9 Å². The molecule has 6 nitrogen and oxygen atoms in total. The summed E-state index contributed by atoms with van der Waals surface area (Å²) in [5, 5.41) is 10.6. The zero-order valence-electron chi connectivity index (χ0n) is 62.5. The fourth-order valence-corrected chi connectivity index (χ4v) is 17.8. The molecule has 18 aromatic rings. The number of aromatic nitrogens is 4. The summed E-state index contributed by atoms with van der Waals surface area (Å²) in [5.41, 5.74) is 23.4. The lowest BCUT2D eigenvalue weighted by molar-refractivity contribution is 0.00578. The third-order valence-corrected chi connectivity index (χ3v) is 23.5. The standard InChI is InChI=1S/C49H32N2.C39H33BO2.C16H11ClN2/c1-4-16-33(17-5-1)44-32-45(34-18-6-2-7-19-34)51-48(50-44)35-28-30-37(31-29-35)49(36-20-8-3-9-21-36)43-27-15-14-26-42(43)46-40-24-12-10-22-38(40)39-23-11-13-25-41(39)47(46)49;1-37(2)38(3,4)42-40(41-37)28-24-22-27(23-25-28)39(26-14-6-5-7-15-26)34-21-13-12-20-33(34)35-31-18-10-8-16-29(31)30-17-9-11-19-32(30)36(35)39;17-16-18-14(12-7-3-1-4-8-12)11-15(19-16)13-9-5-2-6-10-13/h1-32H;5-25H,1-4H3;1-11H. The van der Waals surface area contributed by atoms with Gasteiger partial charge in [-0.15, -0.1) is 0 Å². The second-order valence-corrected chi connectivity index (χ2v) is 30.5. The first-order valence-electron chi connectivity index (χ1n) is 38.4. The van der Waals surface area contributed by atoms with Gasteiger partial charge in [-0.1, -0.05) is 376 Å². The highest BCUT2D eigenvalue weighted by molar-refractivity contribution is 6.62. The zero-order chi connectivity index (χ0) is 75.6. The summed E-state index contributed by atoms with van der Waals surface area (Å²) in [6, 6.07) is 138. The normalized spacial score (nSPS) is 16.0. The summed E-state index contributed by atoms with van der Waals surface area (Å²) in [6.07, 6.45) is 0. The van der Waals surface area contributed by atoms with Gasteiger partial charge in [-0.05, 0) is 167 Å². The smallest absolute Gasteiger partial charge is 0.399 e. The van der Waals surface area contributed by atoms with E-state index in [1.165, 1.54) is 110 Å². The fourth-order valence-electron chi connectivity index (χ4n) is 17.6. The first-order valence-corrected chi connectivity index (χ1v) is 38.7. The Hall–Kier alpha value is -13.0. The Morgan fingerprint density at radius 1 is 0.259 bits per heavy atom. The number of benzene rings is 16. The van der Waals surface area contributed by atoms with E-state index in [9.17, 15) is 0 Å². The highest BCUT2D eigenvalue weighted by Gasteiger charge is 2.53. The quantitative estimate of drug-likeness (QED) is 0.0772. The molecule has 2 aromatic heterocycles. The molecule has 0 amide bonds. The van der Waals surface area contributed by atoms with E-state index in [-0.39, 0.29) is 16.5 Å². The van der Waals surface area contributed by atoms with Crippen molar-refractivity contribution in [2.24, 2.45) is 0 Å². The molecule has 3 heterocycles. The Morgan fingerprint density at radius 3 is 0.902 bits per heavy atom. The number of halogens is 1. The predicted octanol–water partition coefficient (Wildman–Crippen LogP) is 25.3. The summed E-state index contributed by atoms with van der Waals surface area (Å²) >= 11 is 6.03. The van der Waals surface area contributed by atoms with E-state index in [0.29, 0.717) is 5.82 Å². The van der Waals surface area contributed by atoms with Crippen LogP contribution in [0.25, 0.3) is 122 Å². The molecule has 0 N–H and O–H groups in total. The summed E-state index contributed by atoms with van der Waals surface area (Å²) in [6.45, 7) is 8.42. The molecule has 0 spiro atoms. The minimum Gasteiger partial charge on any atom is -0.399 e. The molecule has 2 unspecified atom stereocenters. The van der Waals surface area contributed by atoms with Gasteiger partial charge in [0.05, 0.1) is 44.8 Å². The minimum absolute atomic E-state index is 0.264. The van der Waals surface area contributed by atoms with Crippen molar-refractivity contribution >= 4 is 67.3 Å². The van der Waals surface area contributed by atoms with E-state index in [2.05, 4.69) is 347 Å². The number of nitrogens with zero attached hydrogens (tertiary/aromatic N) is 4. The summed E-state index contributed by atoms with van der Waals surface area (Å²) in [7, 11) is -0.398. The van der Waals surface area contributed by atoms with Crippen molar-refractivity contribution in [2.75, 3.05) is 0 Å². The summed E-state index contributed by atoms with van der Waals surface area (Å²) in [5.74, 6) is 0.708. The van der Waals surface area contributed by atoms with Gasteiger partial charge in [0.2, 0.25) is 5.28 Å². The van der Waals surface area contributed by atoms with Crippen LogP contribution in [0.1, 0.15) is 72.2 Å². The molecular formula is C104H76BClN4O2. The van der Waals surface area contributed by atoms with Crippen LogP contribution in [0.5, 0.6) is 0 Å². The summed E-state index contributed by atoms with van der Waals surface area (Å²) in [4.78, 5) is 18.8. The van der Waals surface area contributed by atoms with Crippen molar-refractivity contribution in [3.63, 3.8) is 0 Å². The molecule has 3 aliphatic rings. The predicted molar refractivity (Wildman–Crippen MR) is 463 cm³/mol. The van der Waals surface area contributed by atoms with Gasteiger partial charge < -0.3 is 9.31 Å². The number of hydrogen-bond donors (Lipinski definition) is 0. The maximum Gasteiger partial charge on any atom is 0.494 e. The average molecular weight is 1460 g/mol. The molecule has 21 rings (SSSR count). The molecule has 2 aliphatic carbocycles. The topological polar surface area (TPSA) is 70.0 Å². The van der Waals surface area contributed by atoms with Gasteiger partial charge in [-0.2, -0.15) is 0 Å². The average Bonchev–Trinajstić information content (AvgIpc) is 1.52. The molecule has 0 radical (unpaired) electrons. The van der Waals surface area contributed by atoms with Gasteiger partial charge in [0.15, 0.2) is 5.82 Å². The number of hydrogen-bond acceptors (Lipinski definition) is 6. The Bertz CT molecular complexity index is 6440. The van der Waals surface area contributed by atoms with Gasteiger partial charge in [0.25, 0.3) is 0 Å². The first-order chi connectivity index (χ1) is 55.0.